The lowest BCUT2D eigenvalue weighted by Gasteiger charge is -1.95. The number of aryl methyl sites for hydroxylation is 1. The van der Waals surface area contributed by atoms with Crippen LogP contribution in [0.4, 0.5) is 0 Å². The third-order valence-corrected chi connectivity index (χ3v) is 1.60. The molecule has 76 valence electrons. The zero-order chi connectivity index (χ0) is 10.6. The number of rotatable bonds is 4. The Hall–Kier alpha value is -1.72. The molecule has 0 aliphatic carbocycles. The highest BCUT2D eigenvalue weighted by Gasteiger charge is 2.10. The van der Waals surface area contributed by atoms with Crippen molar-refractivity contribution in [1.82, 2.24) is 14.8 Å². The number of hydrogen-bond donors (Lipinski definition) is 0. The van der Waals surface area contributed by atoms with Crippen molar-refractivity contribution in [3.8, 4) is 0 Å². The quantitative estimate of drug-likeness (QED) is 0.637. The maximum Gasteiger partial charge on any atom is 0.377 e. The van der Waals surface area contributed by atoms with Crippen molar-refractivity contribution < 1.29 is 14.3 Å². The normalized spacial score (nSPS) is 9.86. The molecule has 0 bridgehead atoms. The van der Waals surface area contributed by atoms with Crippen LogP contribution in [0.15, 0.2) is 6.33 Å². The number of aromatic nitrogens is 3. The summed E-state index contributed by atoms with van der Waals surface area (Å²) < 4.78 is 5.87. The molecule has 0 spiro atoms. The van der Waals surface area contributed by atoms with Crippen molar-refractivity contribution in [2.75, 3.05) is 7.11 Å². The van der Waals surface area contributed by atoms with Gasteiger partial charge in [0.05, 0.1) is 7.11 Å². The Morgan fingerprint density at radius 2 is 2.29 bits per heavy atom. The van der Waals surface area contributed by atoms with Gasteiger partial charge in [-0.25, -0.2) is 9.78 Å². The summed E-state index contributed by atoms with van der Waals surface area (Å²) in [6, 6.07) is 0. The smallest absolute Gasteiger partial charge is 0.377 e. The summed E-state index contributed by atoms with van der Waals surface area (Å²) in [7, 11) is 1.26. The van der Waals surface area contributed by atoms with Crippen LogP contribution in [0.3, 0.4) is 0 Å². The number of carbonyl (C=O) groups is 2. The lowest BCUT2D eigenvalue weighted by Crippen LogP contribution is -2.07. The van der Waals surface area contributed by atoms with Gasteiger partial charge < -0.3 is 4.74 Å². The van der Waals surface area contributed by atoms with E-state index in [1.165, 1.54) is 25.0 Å². The molecule has 0 fully saturated rings. The summed E-state index contributed by atoms with van der Waals surface area (Å²) in [6.07, 6.45) is 1.78. The minimum absolute atomic E-state index is 0.0102. The monoisotopic (exact) mass is 197 g/mol. The van der Waals surface area contributed by atoms with Gasteiger partial charge in [-0.1, -0.05) is 0 Å². The van der Waals surface area contributed by atoms with E-state index in [1.54, 1.807) is 0 Å². The highest BCUT2D eigenvalue weighted by Crippen LogP contribution is 1.94. The van der Waals surface area contributed by atoms with E-state index >= 15 is 0 Å². The van der Waals surface area contributed by atoms with E-state index in [1.807, 2.05) is 0 Å². The number of carbonyl (C=O) groups excluding carboxylic acids is 2. The van der Waals surface area contributed by atoms with Crippen LogP contribution in [0.25, 0.3) is 0 Å². The van der Waals surface area contributed by atoms with Gasteiger partial charge >= 0.3 is 5.97 Å². The molecular weight excluding hydrogens is 186 g/mol. The van der Waals surface area contributed by atoms with E-state index in [4.69, 9.17) is 0 Å². The highest BCUT2D eigenvalue weighted by atomic mass is 16.5. The summed E-state index contributed by atoms with van der Waals surface area (Å²) in [4.78, 5) is 25.3. The van der Waals surface area contributed by atoms with Crippen LogP contribution >= 0.6 is 0 Å². The number of methoxy groups -OCH3 is 1. The molecule has 0 aliphatic heterocycles. The summed E-state index contributed by atoms with van der Waals surface area (Å²) in [5, 5.41) is 3.83. The molecule has 0 radical (unpaired) electrons. The molecule has 1 aromatic rings. The van der Waals surface area contributed by atoms with Crippen LogP contribution in [0.2, 0.25) is 0 Å². The van der Waals surface area contributed by atoms with Crippen LogP contribution in [-0.2, 0) is 16.1 Å². The fourth-order valence-electron chi connectivity index (χ4n) is 0.859. The number of ketones is 1. The molecule has 0 atom stereocenters. The van der Waals surface area contributed by atoms with E-state index in [2.05, 4.69) is 14.8 Å². The Morgan fingerprint density at radius 3 is 2.86 bits per heavy atom. The van der Waals surface area contributed by atoms with Gasteiger partial charge in [-0.05, 0) is 6.92 Å². The Balaban J connectivity index is 2.59. The van der Waals surface area contributed by atoms with Gasteiger partial charge in [0.15, 0.2) is 0 Å². The maximum atomic E-state index is 10.9. The zero-order valence-electron chi connectivity index (χ0n) is 8.06. The number of Topliss-reactive ketones (excluding diaryl/α,β-unsaturated/α-hetero) is 1. The number of nitrogens with zero attached hydrogens (tertiary/aromatic N) is 3. The predicted octanol–water partition coefficient (Wildman–Crippen LogP) is 0.0438. The Bertz CT molecular complexity index is 345. The molecule has 0 N–H and O–H groups in total. The Morgan fingerprint density at radius 1 is 1.57 bits per heavy atom. The highest BCUT2D eigenvalue weighted by molar-refractivity contribution is 5.84. The molecule has 6 nitrogen and oxygen atoms in total. The first-order valence-electron chi connectivity index (χ1n) is 4.10. The van der Waals surface area contributed by atoms with Crippen molar-refractivity contribution in [1.29, 1.82) is 0 Å². The van der Waals surface area contributed by atoms with Gasteiger partial charge in [0.2, 0.25) is 0 Å². The largest absolute Gasteiger partial charge is 0.463 e. The fraction of sp³-hybridized carbons (Fsp3) is 0.500. The van der Waals surface area contributed by atoms with Gasteiger partial charge in [0.1, 0.15) is 12.1 Å². The zero-order valence-corrected chi connectivity index (χ0v) is 8.06. The van der Waals surface area contributed by atoms with Crippen molar-refractivity contribution in [2.45, 2.75) is 19.9 Å². The fourth-order valence-corrected chi connectivity index (χ4v) is 0.859. The second kappa shape index (κ2) is 4.50. The second-order valence-electron chi connectivity index (χ2n) is 2.77. The minimum atomic E-state index is -0.577. The molecule has 0 aliphatic rings. The molecule has 6 heteroatoms. The first kappa shape index (κ1) is 10.4. The van der Waals surface area contributed by atoms with Gasteiger partial charge in [0, 0.05) is 13.0 Å². The van der Waals surface area contributed by atoms with Gasteiger partial charge in [-0.15, -0.1) is 5.10 Å². The van der Waals surface area contributed by atoms with E-state index in [0.29, 0.717) is 13.0 Å². The number of hydrogen-bond acceptors (Lipinski definition) is 5. The molecule has 0 aromatic carbocycles. The Labute approximate surface area is 80.9 Å². The van der Waals surface area contributed by atoms with Crippen LogP contribution in [0.5, 0.6) is 0 Å². The predicted molar refractivity (Wildman–Crippen MR) is 46.7 cm³/mol. The van der Waals surface area contributed by atoms with E-state index in [0.717, 1.165) is 0 Å². The van der Waals surface area contributed by atoms with E-state index < -0.39 is 5.97 Å². The standard InChI is InChI=1S/C8H11N3O3/c1-6(12)3-4-11-5-9-7(10-11)8(13)14-2/h5H,3-4H2,1-2H3. The molecule has 0 saturated heterocycles. The van der Waals surface area contributed by atoms with Crippen molar-refractivity contribution in [3.05, 3.63) is 12.2 Å². The molecule has 1 heterocycles. The summed E-state index contributed by atoms with van der Waals surface area (Å²) in [5.74, 6) is -0.497. The molecule has 1 rings (SSSR count). The first-order chi connectivity index (χ1) is 6.63. The summed E-state index contributed by atoms with van der Waals surface area (Å²) >= 11 is 0. The molecule has 1 aromatic heterocycles. The average molecular weight is 197 g/mol. The lowest BCUT2D eigenvalue weighted by atomic mass is 10.3. The van der Waals surface area contributed by atoms with Gasteiger partial charge in [-0.2, -0.15) is 0 Å². The van der Waals surface area contributed by atoms with E-state index in [9.17, 15) is 9.59 Å². The number of ether oxygens (including phenoxy) is 1. The number of esters is 1. The summed E-state index contributed by atoms with van der Waals surface area (Å²) in [6.45, 7) is 1.93. The Kier molecular flexibility index (Phi) is 3.33. The van der Waals surface area contributed by atoms with Crippen LogP contribution in [0, 0.1) is 0 Å². The van der Waals surface area contributed by atoms with Crippen LogP contribution < -0.4 is 0 Å². The molecule has 0 unspecified atom stereocenters. The minimum Gasteiger partial charge on any atom is -0.463 e. The third kappa shape index (κ3) is 2.65. The summed E-state index contributed by atoms with van der Waals surface area (Å²) in [5.41, 5.74) is 0. The van der Waals surface area contributed by atoms with Gasteiger partial charge in [0.25, 0.3) is 5.82 Å². The SMILES string of the molecule is COC(=O)c1ncn(CCC(C)=O)n1. The van der Waals surface area contributed by atoms with Crippen molar-refractivity contribution >= 4 is 11.8 Å². The van der Waals surface area contributed by atoms with Crippen LogP contribution in [0.1, 0.15) is 24.0 Å². The molecule has 0 amide bonds. The average Bonchev–Trinajstić information content (AvgIpc) is 2.62. The topological polar surface area (TPSA) is 74.1 Å². The molecule has 0 saturated carbocycles. The first-order valence-corrected chi connectivity index (χ1v) is 4.10. The second-order valence-corrected chi connectivity index (χ2v) is 2.77. The molecule has 14 heavy (non-hydrogen) atoms. The van der Waals surface area contributed by atoms with Gasteiger partial charge in [-0.3, -0.25) is 9.48 Å². The van der Waals surface area contributed by atoms with Crippen molar-refractivity contribution in [3.63, 3.8) is 0 Å². The molecular formula is C8H11N3O3. The lowest BCUT2D eigenvalue weighted by molar-refractivity contribution is -0.117. The third-order valence-electron chi connectivity index (χ3n) is 1.60. The maximum absolute atomic E-state index is 10.9. The van der Waals surface area contributed by atoms with Crippen molar-refractivity contribution in [2.24, 2.45) is 0 Å². The van der Waals surface area contributed by atoms with Crippen LogP contribution in [-0.4, -0.2) is 33.6 Å². The van der Waals surface area contributed by atoms with E-state index in [-0.39, 0.29) is 11.6 Å².